The molecule has 2 saturated heterocycles. The van der Waals surface area contributed by atoms with E-state index in [2.05, 4.69) is 78.0 Å². The minimum Gasteiger partial charge on any atom is -0.376 e. The number of rotatable bonds is 43. The molecule has 4 amide bonds. The van der Waals surface area contributed by atoms with Crippen molar-refractivity contribution in [3.05, 3.63) is 48.6 Å². The van der Waals surface area contributed by atoms with Gasteiger partial charge < -0.3 is 34.8 Å². The van der Waals surface area contributed by atoms with Crippen molar-refractivity contribution in [3.63, 3.8) is 0 Å². The van der Waals surface area contributed by atoms with E-state index in [1.807, 2.05) is 44.5 Å². The maximum absolute atomic E-state index is 13.9. The van der Waals surface area contributed by atoms with Crippen LogP contribution in [0.2, 0.25) is 0 Å². The van der Waals surface area contributed by atoms with Crippen LogP contribution in [0.4, 0.5) is 0 Å². The summed E-state index contributed by atoms with van der Waals surface area (Å²) in [5.41, 5.74) is 0. The first-order valence-electron chi connectivity index (χ1n) is 29.2. The number of ether oxygens (including phenoxy) is 2. The van der Waals surface area contributed by atoms with E-state index in [4.69, 9.17) is 9.47 Å². The number of nitrogens with one attached hydrogen (secondary N) is 2. The zero-order valence-electron chi connectivity index (χ0n) is 46.6. The monoisotopic (exact) mass is 994 g/mol. The summed E-state index contributed by atoms with van der Waals surface area (Å²) >= 11 is 0. The number of amides is 4. The SMILES string of the molecule is CCCC/C=C\C/C=C\CCCCCCCC(=O)N(CC1CCCO1)C(C(=O)NCCN(C)CCNC(=O)C(C(C)C)N(CC1CCCO1)C(=O)CCCCCCC/C=C\C/C=C\CCCCC)C(C)C. The molecule has 408 valence electrons. The summed E-state index contributed by atoms with van der Waals surface area (Å²) in [7, 11) is 1.98. The second kappa shape index (κ2) is 42.1. The van der Waals surface area contributed by atoms with E-state index in [0.29, 0.717) is 65.3 Å². The van der Waals surface area contributed by atoms with E-state index < -0.39 is 12.1 Å². The number of likely N-dealkylation sites (N-methyl/N-ethyl adjacent to an activating group) is 1. The normalized spacial score (nSPS) is 17.3. The molecule has 0 radical (unpaired) electrons. The number of allylic oxidation sites excluding steroid dienone is 8. The van der Waals surface area contributed by atoms with Gasteiger partial charge in [-0.05, 0) is 115 Å². The summed E-state index contributed by atoms with van der Waals surface area (Å²) in [5, 5.41) is 6.29. The van der Waals surface area contributed by atoms with Crippen LogP contribution in [-0.2, 0) is 28.7 Å². The average Bonchev–Trinajstić information content (AvgIpc) is 4.07. The predicted octanol–water partition coefficient (Wildman–Crippen LogP) is 12.5. The standard InChI is InChI=1S/C60H107N5O6/c1-8-10-12-14-16-18-20-22-24-26-28-30-32-34-36-42-56(67)65(50-54-40-38-48-71-54)58(52(5)6)60(69)62-44-46-63(7)45-43-61-59(68)57(51(3)4)64(49-53-39-37-47-70-53)55(66)41-35-33-31-29-27-25-23-21-19-17-15-13-11-9-2/h15-18,21-24,51-54,57-58H,8-14,19-20,25-50H2,1-7H3,(H,61,68)(H,62,69)/b17-15-,18-16-,23-21-,24-22-. The summed E-state index contributed by atoms with van der Waals surface area (Å²) < 4.78 is 11.9. The molecule has 0 aliphatic carbocycles. The molecule has 2 rings (SSSR count). The van der Waals surface area contributed by atoms with Gasteiger partial charge in [0.1, 0.15) is 12.1 Å². The fourth-order valence-corrected chi connectivity index (χ4v) is 9.70. The Labute approximate surface area is 435 Å². The van der Waals surface area contributed by atoms with Crippen molar-refractivity contribution in [1.29, 1.82) is 0 Å². The largest absolute Gasteiger partial charge is 0.376 e. The van der Waals surface area contributed by atoms with Gasteiger partial charge in [-0.25, -0.2) is 0 Å². The molecular formula is C60H107N5O6. The van der Waals surface area contributed by atoms with Crippen molar-refractivity contribution in [3.8, 4) is 0 Å². The summed E-state index contributed by atoms with van der Waals surface area (Å²) in [6, 6.07) is -1.15. The summed E-state index contributed by atoms with van der Waals surface area (Å²) in [6.45, 7) is 16.8. The summed E-state index contributed by atoms with van der Waals surface area (Å²) in [6.07, 6.45) is 46.3. The fraction of sp³-hybridized carbons (Fsp3) is 0.800. The molecule has 0 aromatic heterocycles. The molecule has 0 aromatic rings. The highest BCUT2D eigenvalue weighted by atomic mass is 16.5. The molecule has 11 nitrogen and oxygen atoms in total. The first kappa shape index (κ1) is 63.8. The molecule has 4 atom stereocenters. The van der Waals surface area contributed by atoms with E-state index >= 15 is 0 Å². The lowest BCUT2D eigenvalue weighted by atomic mass is 9.99. The van der Waals surface area contributed by atoms with E-state index in [1.165, 1.54) is 57.8 Å². The Morgan fingerprint density at radius 3 is 1.24 bits per heavy atom. The first-order chi connectivity index (χ1) is 34.5. The van der Waals surface area contributed by atoms with Gasteiger partial charge in [-0.3, -0.25) is 19.2 Å². The van der Waals surface area contributed by atoms with E-state index in [0.717, 1.165) is 103 Å². The number of hydrogen-bond acceptors (Lipinski definition) is 7. The lowest BCUT2D eigenvalue weighted by molar-refractivity contribution is -0.144. The zero-order valence-corrected chi connectivity index (χ0v) is 46.6. The predicted molar refractivity (Wildman–Crippen MR) is 296 cm³/mol. The molecule has 2 fully saturated rings. The Kier molecular flexibility index (Phi) is 37.9. The number of hydrogen-bond donors (Lipinski definition) is 2. The second-order valence-corrected chi connectivity index (χ2v) is 21.2. The molecule has 71 heavy (non-hydrogen) atoms. The summed E-state index contributed by atoms with van der Waals surface area (Å²) in [4.78, 5) is 61.3. The first-order valence-corrected chi connectivity index (χ1v) is 29.2. The molecule has 0 aromatic carbocycles. The maximum Gasteiger partial charge on any atom is 0.243 e. The van der Waals surface area contributed by atoms with E-state index in [9.17, 15) is 19.2 Å². The second-order valence-electron chi connectivity index (χ2n) is 21.2. The topological polar surface area (TPSA) is 121 Å². The van der Waals surface area contributed by atoms with Crippen LogP contribution in [0.3, 0.4) is 0 Å². The molecule has 2 aliphatic rings. The van der Waals surface area contributed by atoms with Gasteiger partial charge >= 0.3 is 0 Å². The molecule has 2 heterocycles. The van der Waals surface area contributed by atoms with E-state index in [1.54, 1.807) is 0 Å². The van der Waals surface area contributed by atoms with Crippen LogP contribution in [0.25, 0.3) is 0 Å². The van der Waals surface area contributed by atoms with Crippen LogP contribution < -0.4 is 10.6 Å². The highest BCUT2D eigenvalue weighted by Gasteiger charge is 2.36. The fourth-order valence-electron chi connectivity index (χ4n) is 9.70. The van der Waals surface area contributed by atoms with Crippen LogP contribution in [0.15, 0.2) is 48.6 Å². The van der Waals surface area contributed by atoms with Crippen molar-refractivity contribution in [2.75, 3.05) is 59.5 Å². The number of unbranched alkanes of at least 4 members (excludes halogenated alkanes) is 15. The molecule has 11 heteroatoms. The third-order valence-electron chi connectivity index (χ3n) is 14.0. The Balaban J connectivity index is 1.82. The minimum absolute atomic E-state index is 0.0365. The van der Waals surface area contributed by atoms with Crippen molar-refractivity contribution < 1.29 is 28.7 Å². The van der Waals surface area contributed by atoms with Gasteiger partial charge in [0.05, 0.1) is 12.2 Å². The molecule has 0 saturated carbocycles. The van der Waals surface area contributed by atoms with Gasteiger partial charge in [-0.15, -0.1) is 0 Å². The highest BCUT2D eigenvalue weighted by Crippen LogP contribution is 2.23. The third-order valence-corrected chi connectivity index (χ3v) is 14.0. The molecule has 4 unspecified atom stereocenters. The van der Waals surface area contributed by atoms with Gasteiger partial charge in [-0.2, -0.15) is 0 Å². The van der Waals surface area contributed by atoms with Crippen LogP contribution in [-0.4, -0.2) is 122 Å². The Morgan fingerprint density at radius 2 is 0.873 bits per heavy atom. The lowest BCUT2D eigenvalue weighted by Crippen LogP contribution is -2.55. The van der Waals surface area contributed by atoms with Gasteiger partial charge in [0.25, 0.3) is 0 Å². The van der Waals surface area contributed by atoms with Crippen molar-refractivity contribution >= 4 is 23.6 Å². The molecule has 0 bridgehead atoms. The quantitative estimate of drug-likeness (QED) is 0.0461. The lowest BCUT2D eigenvalue weighted by Gasteiger charge is -2.35. The van der Waals surface area contributed by atoms with Crippen LogP contribution in [0.5, 0.6) is 0 Å². The van der Waals surface area contributed by atoms with Crippen LogP contribution in [0, 0.1) is 11.8 Å². The molecule has 2 aliphatic heterocycles. The molecule has 0 spiro atoms. The van der Waals surface area contributed by atoms with Gasteiger partial charge in [0, 0.05) is 65.3 Å². The van der Waals surface area contributed by atoms with Crippen LogP contribution >= 0.6 is 0 Å². The number of carbonyl (C=O) groups is 4. The summed E-state index contributed by atoms with van der Waals surface area (Å²) in [5.74, 6) is -0.311. The van der Waals surface area contributed by atoms with Crippen molar-refractivity contribution in [2.45, 2.75) is 239 Å². The molecule has 2 N–H and O–H groups in total. The zero-order chi connectivity index (χ0) is 51.7. The van der Waals surface area contributed by atoms with Crippen molar-refractivity contribution in [1.82, 2.24) is 25.3 Å². The van der Waals surface area contributed by atoms with Gasteiger partial charge in [-0.1, -0.05) is 154 Å². The Morgan fingerprint density at radius 1 is 0.507 bits per heavy atom. The maximum atomic E-state index is 13.9. The van der Waals surface area contributed by atoms with Crippen molar-refractivity contribution in [2.24, 2.45) is 11.8 Å². The van der Waals surface area contributed by atoms with Gasteiger partial charge in [0.2, 0.25) is 23.6 Å². The minimum atomic E-state index is -0.576. The van der Waals surface area contributed by atoms with Gasteiger partial charge in [0.15, 0.2) is 0 Å². The Hall–Kier alpha value is -3.28. The highest BCUT2D eigenvalue weighted by molar-refractivity contribution is 5.88. The smallest absolute Gasteiger partial charge is 0.243 e. The average molecular weight is 995 g/mol. The Bertz CT molecular complexity index is 1500. The molecular weight excluding hydrogens is 887 g/mol. The van der Waals surface area contributed by atoms with Crippen LogP contribution in [0.1, 0.15) is 215 Å². The number of carbonyl (C=O) groups excluding carboxylic acids is 4. The van der Waals surface area contributed by atoms with E-state index in [-0.39, 0.29) is 47.7 Å². The number of nitrogens with zero attached hydrogens (tertiary/aromatic N) is 3. The third kappa shape index (κ3) is 30.5.